The summed E-state index contributed by atoms with van der Waals surface area (Å²) in [6.45, 7) is 0. The highest BCUT2D eigenvalue weighted by Gasteiger charge is 2.63. The van der Waals surface area contributed by atoms with Crippen molar-refractivity contribution in [2.45, 2.75) is 10.1 Å². The summed E-state index contributed by atoms with van der Waals surface area (Å²) in [4.78, 5) is 0. The van der Waals surface area contributed by atoms with E-state index >= 15 is 0 Å². The zero-order valence-corrected chi connectivity index (χ0v) is 12.8. The summed E-state index contributed by atoms with van der Waals surface area (Å²) in [7, 11) is -10.8. The van der Waals surface area contributed by atoms with Crippen LogP contribution in [-0.4, -0.2) is 36.1 Å². The van der Waals surface area contributed by atoms with Crippen LogP contribution in [0.1, 0.15) is 5.56 Å². The van der Waals surface area contributed by atoms with Crippen molar-refractivity contribution >= 4 is 25.8 Å². The third-order valence-corrected chi connectivity index (χ3v) is 7.18. The molecule has 0 fully saturated rings. The van der Waals surface area contributed by atoms with Crippen molar-refractivity contribution in [3.63, 3.8) is 0 Å². The van der Waals surface area contributed by atoms with E-state index in [4.69, 9.17) is 11.5 Å². The molecule has 120 valence electrons. The molecule has 1 atom stereocenters. The van der Waals surface area contributed by atoms with Crippen molar-refractivity contribution in [2.24, 2.45) is 11.5 Å². The number of nitrogens with two attached hydrogens (primary N) is 2. The van der Waals surface area contributed by atoms with E-state index in [-0.39, 0.29) is 16.8 Å². The topological polar surface area (TPSA) is 161 Å². The summed E-state index contributed by atoms with van der Waals surface area (Å²) in [5, 5.41) is 0. The highest BCUT2D eigenvalue weighted by molar-refractivity contribution is 8.06. The molecule has 1 aromatic carbocycles. The molecular formula is C12H14N2O6S2. The molecule has 1 aromatic rings. The molecule has 0 aromatic heterocycles. The normalized spacial score (nSPS) is 21.9. The van der Waals surface area contributed by atoms with Crippen LogP contribution in [0.15, 0.2) is 48.2 Å². The van der Waals surface area contributed by atoms with Gasteiger partial charge < -0.3 is 11.5 Å². The van der Waals surface area contributed by atoms with Gasteiger partial charge in [-0.3, -0.25) is 9.11 Å². The van der Waals surface area contributed by atoms with Crippen LogP contribution in [0.3, 0.4) is 0 Å². The van der Waals surface area contributed by atoms with Gasteiger partial charge in [0.1, 0.15) is 0 Å². The Morgan fingerprint density at radius 3 is 1.91 bits per heavy atom. The van der Waals surface area contributed by atoms with Gasteiger partial charge in [0.2, 0.25) is 0 Å². The molecule has 1 aliphatic carbocycles. The number of hydrogen-bond donors (Lipinski definition) is 4. The SMILES string of the molecule is NC1=CC=C(c2ccccc2)C(S(=O)(=O)O)(S(=O)(=O)O)C1N. The average molecular weight is 346 g/mol. The predicted octanol–water partition coefficient (Wildman–Crippen LogP) is -0.275. The monoisotopic (exact) mass is 346 g/mol. The molecule has 0 amide bonds. The minimum Gasteiger partial charge on any atom is -0.401 e. The molecule has 2 rings (SSSR count). The fraction of sp³-hybridized carbons (Fsp3) is 0.167. The van der Waals surface area contributed by atoms with Gasteiger partial charge in [-0.15, -0.1) is 0 Å². The lowest BCUT2D eigenvalue weighted by Gasteiger charge is -2.37. The van der Waals surface area contributed by atoms with E-state index in [1.807, 2.05) is 0 Å². The maximum Gasteiger partial charge on any atom is 0.294 e. The molecule has 0 aliphatic heterocycles. The van der Waals surface area contributed by atoms with E-state index in [2.05, 4.69) is 0 Å². The van der Waals surface area contributed by atoms with Gasteiger partial charge in [-0.1, -0.05) is 36.4 Å². The molecule has 1 aliphatic rings. The molecule has 8 nitrogen and oxygen atoms in total. The molecule has 0 spiro atoms. The van der Waals surface area contributed by atoms with Crippen LogP contribution in [0.5, 0.6) is 0 Å². The minimum atomic E-state index is -5.38. The molecule has 0 bridgehead atoms. The largest absolute Gasteiger partial charge is 0.401 e. The first kappa shape index (κ1) is 16.6. The first-order valence-corrected chi connectivity index (χ1v) is 8.84. The smallest absolute Gasteiger partial charge is 0.294 e. The van der Waals surface area contributed by atoms with Gasteiger partial charge in [0.15, 0.2) is 0 Å². The average Bonchev–Trinajstić information content (AvgIpc) is 2.39. The number of benzene rings is 1. The molecule has 1 unspecified atom stereocenters. The zero-order chi connectivity index (χ0) is 16.8. The highest BCUT2D eigenvalue weighted by Crippen LogP contribution is 2.43. The van der Waals surface area contributed by atoms with Gasteiger partial charge in [0, 0.05) is 11.3 Å². The summed E-state index contributed by atoms with van der Waals surface area (Å²) in [5.74, 6) is 0. The van der Waals surface area contributed by atoms with Crippen LogP contribution in [0.25, 0.3) is 5.57 Å². The number of rotatable bonds is 3. The Labute approximate surface area is 127 Å². The van der Waals surface area contributed by atoms with E-state index in [0.29, 0.717) is 0 Å². The van der Waals surface area contributed by atoms with E-state index < -0.39 is 30.4 Å². The minimum absolute atomic E-state index is 0.150. The predicted molar refractivity (Wildman–Crippen MR) is 80.5 cm³/mol. The Morgan fingerprint density at radius 2 is 1.45 bits per heavy atom. The van der Waals surface area contributed by atoms with Crippen LogP contribution in [-0.2, 0) is 20.2 Å². The van der Waals surface area contributed by atoms with Gasteiger partial charge in [0.05, 0.1) is 6.04 Å². The maximum atomic E-state index is 11.9. The van der Waals surface area contributed by atoms with Crippen molar-refractivity contribution in [3.8, 4) is 0 Å². The Hall–Kier alpha value is -1.72. The second kappa shape index (κ2) is 5.18. The summed E-state index contributed by atoms with van der Waals surface area (Å²) in [5.41, 5.74) is 10.6. The van der Waals surface area contributed by atoms with Gasteiger partial charge in [0.25, 0.3) is 24.3 Å². The Morgan fingerprint density at radius 1 is 0.955 bits per heavy atom. The van der Waals surface area contributed by atoms with Crippen LogP contribution in [0.2, 0.25) is 0 Å². The van der Waals surface area contributed by atoms with Crippen molar-refractivity contribution in [2.75, 3.05) is 0 Å². The van der Waals surface area contributed by atoms with E-state index in [0.717, 1.165) is 6.08 Å². The van der Waals surface area contributed by atoms with Crippen molar-refractivity contribution in [1.29, 1.82) is 0 Å². The van der Waals surface area contributed by atoms with E-state index in [9.17, 15) is 25.9 Å². The molecule has 0 radical (unpaired) electrons. The van der Waals surface area contributed by atoms with E-state index in [1.165, 1.54) is 30.3 Å². The Bertz CT molecular complexity index is 824. The van der Waals surface area contributed by atoms with Gasteiger partial charge in [-0.25, -0.2) is 0 Å². The zero-order valence-electron chi connectivity index (χ0n) is 11.1. The Kier molecular flexibility index (Phi) is 3.92. The van der Waals surface area contributed by atoms with Gasteiger partial charge in [-0.2, -0.15) is 16.8 Å². The van der Waals surface area contributed by atoms with Crippen LogP contribution >= 0.6 is 0 Å². The Balaban J connectivity index is 2.95. The van der Waals surface area contributed by atoms with E-state index in [1.54, 1.807) is 6.07 Å². The molecule has 0 heterocycles. The fourth-order valence-electron chi connectivity index (χ4n) is 2.43. The van der Waals surface area contributed by atoms with Gasteiger partial charge in [-0.05, 0) is 11.6 Å². The number of hydrogen-bond acceptors (Lipinski definition) is 6. The lowest BCUT2D eigenvalue weighted by Crippen LogP contribution is -2.61. The third kappa shape index (κ3) is 2.25. The highest BCUT2D eigenvalue weighted by atomic mass is 32.3. The van der Waals surface area contributed by atoms with Crippen molar-refractivity contribution in [3.05, 3.63) is 53.7 Å². The first-order valence-electron chi connectivity index (χ1n) is 5.96. The van der Waals surface area contributed by atoms with Gasteiger partial charge >= 0.3 is 0 Å². The van der Waals surface area contributed by atoms with Crippen LogP contribution < -0.4 is 11.5 Å². The molecule has 10 heteroatoms. The summed E-state index contributed by atoms with van der Waals surface area (Å²) >= 11 is 0. The summed E-state index contributed by atoms with van der Waals surface area (Å²) in [6, 6.07) is 5.64. The second-order valence-electron chi connectivity index (χ2n) is 4.71. The maximum absolute atomic E-state index is 11.9. The standard InChI is InChI=1S/C12H14N2O6S2/c13-10-7-6-9(8-4-2-1-3-5-8)12(11(10)14,21(15,16)17)22(18,19)20/h1-7,11H,13-14H2,(H,15,16,17)(H,18,19,20). The summed E-state index contributed by atoms with van der Waals surface area (Å²) < 4.78 is 63.6. The number of allylic oxidation sites excluding steroid dienone is 2. The van der Waals surface area contributed by atoms with Crippen molar-refractivity contribution in [1.82, 2.24) is 0 Å². The molecule has 6 N–H and O–H groups in total. The molecule has 22 heavy (non-hydrogen) atoms. The molecular weight excluding hydrogens is 332 g/mol. The first-order chi connectivity index (χ1) is 10.0. The lowest BCUT2D eigenvalue weighted by molar-refractivity contribution is 0.429. The van der Waals surface area contributed by atoms with Crippen LogP contribution in [0, 0.1) is 0 Å². The molecule has 0 saturated carbocycles. The van der Waals surface area contributed by atoms with Crippen LogP contribution in [0.4, 0.5) is 0 Å². The second-order valence-corrected chi connectivity index (χ2v) is 8.15. The quantitative estimate of drug-likeness (QED) is 0.544. The molecule has 0 saturated heterocycles. The lowest BCUT2D eigenvalue weighted by atomic mass is 9.91. The third-order valence-electron chi connectivity index (χ3n) is 3.44. The fourth-order valence-corrected chi connectivity index (χ4v) is 5.34. The van der Waals surface area contributed by atoms with Crippen molar-refractivity contribution < 1.29 is 25.9 Å². The summed E-state index contributed by atoms with van der Waals surface area (Å²) in [6.07, 6.45) is 2.32.